The Morgan fingerprint density at radius 2 is 1.04 bits per heavy atom. The number of ether oxygens (including phenoxy) is 2. The summed E-state index contributed by atoms with van der Waals surface area (Å²) in [7, 11) is 0. The molecule has 0 radical (unpaired) electrons. The molecule has 0 aliphatic heterocycles. The number of nitriles is 2. The van der Waals surface area contributed by atoms with Gasteiger partial charge in [-0.05, 0) is 39.5 Å². The fourth-order valence-corrected chi connectivity index (χ4v) is 3.19. The van der Waals surface area contributed by atoms with Gasteiger partial charge in [0, 0.05) is 0 Å². The molecule has 0 aliphatic rings. The molecule has 0 N–H and O–H groups in total. The third kappa shape index (κ3) is 5.73. The van der Waals surface area contributed by atoms with Gasteiger partial charge in [0.1, 0.15) is 11.2 Å². The molecule has 26 heavy (non-hydrogen) atoms. The second kappa shape index (κ2) is 10.8. The van der Waals surface area contributed by atoms with E-state index in [-0.39, 0.29) is 12.8 Å². The lowest BCUT2D eigenvalue weighted by Gasteiger charge is -2.34. The molecule has 2 atom stereocenters. The zero-order chi connectivity index (χ0) is 20.4. The van der Waals surface area contributed by atoms with E-state index in [1.165, 1.54) is 0 Å². The van der Waals surface area contributed by atoms with Gasteiger partial charge in [-0.3, -0.25) is 9.59 Å². The van der Waals surface area contributed by atoms with Gasteiger partial charge in [0.25, 0.3) is 0 Å². The predicted octanol–water partition coefficient (Wildman–Crippen LogP) is 4.29. The number of carbonyl (C=O) groups excluding carboxylic acids is 2. The Labute approximate surface area is 157 Å². The van der Waals surface area contributed by atoms with Crippen molar-refractivity contribution in [3.8, 4) is 12.1 Å². The standard InChI is InChI=1S/C20H32N2O4/c1-7-19(8-2,15(5)13-21)25-17(23)11-12-18(24)26-20(9-3,10-4)16(6)14-22/h15-16H,7-12H2,1-6H3. The second-order valence-electron chi connectivity index (χ2n) is 6.69. The molecule has 0 aromatic heterocycles. The van der Waals surface area contributed by atoms with Crippen LogP contribution in [0.2, 0.25) is 0 Å². The van der Waals surface area contributed by atoms with Crippen LogP contribution in [-0.2, 0) is 19.1 Å². The van der Waals surface area contributed by atoms with Gasteiger partial charge in [-0.25, -0.2) is 0 Å². The molecular weight excluding hydrogens is 332 g/mol. The van der Waals surface area contributed by atoms with Crippen molar-refractivity contribution in [1.82, 2.24) is 0 Å². The van der Waals surface area contributed by atoms with Gasteiger partial charge in [-0.15, -0.1) is 0 Å². The maximum absolute atomic E-state index is 12.2. The maximum Gasteiger partial charge on any atom is 0.306 e. The van der Waals surface area contributed by atoms with E-state index in [1.54, 1.807) is 13.8 Å². The van der Waals surface area contributed by atoms with Crippen molar-refractivity contribution in [3.05, 3.63) is 0 Å². The fourth-order valence-electron chi connectivity index (χ4n) is 3.19. The van der Waals surface area contributed by atoms with Crippen LogP contribution in [0.4, 0.5) is 0 Å². The Bertz CT molecular complexity index is 501. The summed E-state index contributed by atoms with van der Waals surface area (Å²) >= 11 is 0. The van der Waals surface area contributed by atoms with E-state index in [0.717, 1.165) is 0 Å². The van der Waals surface area contributed by atoms with E-state index in [1.807, 2.05) is 27.7 Å². The number of hydrogen-bond acceptors (Lipinski definition) is 6. The van der Waals surface area contributed by atoms with E-state index >= 15 is 0 Å². The van der Waals surface area contributed by atoms with Crippen LogP contribution < -0.4 is 0 Å². The van der Waals surface area contributed by atoms with E-state index in [4.69, 9.17) is 9.47 Å². The Kier molecular flexibility index (Phi) is 9.94. The third-order valence-corrected chi connectivity index (χ3v) is 5.53. The van der Waals surface area contributed by atoms with Crippen molar-refractivity contribution in [2.75, 3.05) is 0 Å². The molecule has 0 saturated carbocycles. The Morgan fingerprint density at radius 3 is 1.23 bits per heavy atom. The van der Waals surface area contributed by atoms with Crippen molar-refractivity contribution in [1.29, 1.82) is 10.5 Å². The van der Waals surface area contributed by atoms with E-state index in [2.05, 4.69) is 12.1 Å². The minimum Gasteiger partial charge on any atom is -0.458 e. The Balaban J connectivity index is 4.89. The van der Waals surface area contributed by atoms with E-state index in [9.17, 15) is 20.1 Å². The lowest BCUT2D eigenvalue weighted by Crippen LogP contribution is -2.41. The largest absolute Gasteiger partial charge is 0.458 e. The molecule has 2 unspecified atom stereocenters. The molecule has 146 valence electrons. The average Bonchev–Trinajstić information content (AvgIpc) is 2.67. The number of nitrogens with zero attached hydrogens (tertiary/aromatic N) is 2. The maximum atomic E-state index is 12.2. The molecule has 0 aliphatic carbocycles. The third-order valence-electron chi connectivity index (χ3n) is 5.53. The zero-order valence-electron chi connectivity index (χ0n) is 16.9. The second-order valence-corrected chi connectivity index (χ2v) is 6.69. The van der Waals surface area contributed by atoms with Gasteiger partial charge in [0.05, 0.1) is 36.8 Å². The van der Waals surface area contributed by atoms with Crippen molar-refractivity contribution in [3.63, 3.8) is 0 Å². The van der Waals surface area contributed by atoms with Crippen LogP contribution in [0.1, 0.15) is 80.1 Å². The van der Waals surface area contributed by atoms with Crippen LogP contribution in [-0.4, -0.2) is 23.1 Å². The van der Waals surface area contributed by atoms with Crippen molar-refractivity contribution in [2.45, 2.75) is 91.3 Å². The first-order chi connectivity index (χ1) is 12.2. The first kappa shape index (κ1) is 23.9. The molecule has 6 nitrogen and oxygen atoms in total. The Hall–Kier alpha value is -2.08. The van der Waals surface area contributed by atoms with Crippen LogP contribution in [0.25, 0.3) is 0 Å². The number of esters is 2. The number of carbonyl (C=O) groups is 2. The van der Waals surface area contributed by atoms with Crippen LogP contribution in [0.15, 0.2) is 0 Å². The lowest BCUT2D eigenvalue weighted by molar-refractivity contribution is -0.171. The minimum absolute atomic E-state index is 0.108. The zero-order valence-corrected chi connectivity index (χ0v) is 16.9. The van der Waals surface area contributed by atoms with Gasteiger partial charge < -0.3 is 9.47 Å². The van der Waals surface area contributed by atoms with Crippen LogP contribution in [0.3, 0.4) is 0 Å². The highest BCUT2D eigenvalue weighted by Crippen LogP contribution is 2.31. The first-order valence-corrected chi connectivity index (χ1v) is 9.43. The molecule has 0 bridgehead atoms. The Morgan fingerprint density at radius 1 is 0.769 bits per heavy atom. The van der Waals surface area contributed by atoms with Crippen LogP contribution in [0.5, 0.6) is 0 Å². The van der Waals surface area contributed by atoms with E-state index < -0.39 is 35.0 Å². The van der Waals surface area contributed by atoms with Gasteiger partial charge in [-0.2, -0.15) is 10.5 Å². The number of hydrogen-bond donors (Lipinski definition) is 0. The molecule has 0 fully saturated rings. The molecule has 0 saturated heterocycles. The smallest absolute Gasteiger partial charge is 0.306 e. The molecule has 6 heteroatoms. The minimum atomic E-state index is -0.832. The monoisotopic (exact) mass is 364 g/mol. The highest BCUT2D eigenvalue weighted by Gasteiger charge is 2.39. The van der Waals surface area contributed by atoms with E-state index in [0.29, 0.717) is 25.7 Å². The normalized spacial score (nSPS) is 13.8. The molecule has 0 aromatic rings. The number of rotatable bonds is 11. The topological polar surface area (TPSA) is 100 Å². The summed E-state index contributed by atoms with van der Waals surface area (Å²) in [4.78, 5) is 24.4. The summed E-state index contributed by atoms with van der Waals surface area (Å²) in [5, 5.41) is 18.4. The summed E-state index contributed by atoms with van der Waals surface area (Å²) < 4.78 is 11.1. The summed E-state index contributed by atoms with van der Waals surface area (Å²) in [6.07, 6.45) is 1.91. The summed E-state index contributed by atoms with van der Waals surface area (Å²) in [6.45, 7) is 11.0. The molecule has 0 heterocycles. The molecular formula is C20H32N2O4. The predicted molar refractivity (Wildman–Crippen MR) is 97.6 cm³/mol. The van der Waals surface area contributed by atoms with Gasteiger partial charge >= 0.3 is 11.9 Å². The van der Waals surface area contributed by atoms with Gasteiger partial charge in [-0.1, -0.05) is 27.7 Å². The molecule has 0 aromatic carbocycles. The van der Waals surface area contributed by atoms with Gasteiger partial charge in [0.2, 0.25) is 0 Å². The quantitative estimate of drug-likeness (QED) is 0.507. The highest BCUT2D eigenvalue weighted by atomic mass is 16.6. The fraction of sp³-hybridized carbons (Fsp3) is 0.800. The van der Waals surface area contributed by atoms with Crippen LogP contribution >= 0.6 is 0 Å². The van der Waals surface area contributed by atoms with Crippen molar-refractivity contribution >= 4 is 11.9 Å². The average molecular weight is 364 g/mol. The highest BCUT2D eigenvalue weighted by molar-refractivity contribution is 5.78. The summed E-state index contributed by atoms with van der Waals surface area (Å²) in [6, 6.07) is 4.29. The summed E-state index contributed by atoms with van der Waals surface area (Å²) in [5.41, 5.74) is -1.66. The lowest BCUT2D eigenvalue weighted by atomic mass is 9.84. The molecule has 0 spiro atoms. The van der Waals surface area contributed by atoms with Crippen molar-refractivity contribution < 1.29 is 19.1 Å². The molecule has 0 amide bonds. The van der Waals surface area contributed by atoms with Crippen molar-refractivity contribution in [2.24, 2.45) is 11.8 Å². The van der Waals surface area contributed by atoms with Crippen LogP contribution in [0, 0.1) is 34.5 Å². The summed E-state index contributed by atoms with van der Waals surface area (Å²) in [5.74, 6) is -1.89. The molecule has 0 rings (SSSR count). The van der Waals surface area contributed by atoms with Gasteiger partial charge in [0.15, 0.2) is 0 Å². The first-order valence-electron chi connectivity index (χ1n) is 9.43. The SMILES string of the molecule is CCC(CC)(OC(=O)CCC(=O)OC(CC)(CC)C(C)C#N)C(C)C#N.